The Balaban J connectivity index is 1.81. The maximum absolute atomic E-state index is 11.6. The van der Waals surface area contributed by atoms with Gasteiger partial charge < -0.3 is 5.32 Å². The molecule has 0 aromatic rings. The highest BCUT2D eigenvalue weighted by Gasteiger charge is 2.27. The van der Waals surface area contributed by atoms with E-state index in [0.717, 1.165) is 32.2 Å². The zero-order chi connectivity index (χ0) is 14.6. The Bertz CT molecular complexity index is 402. The summed E-state index contributed by atoms with van der Waals surface area (Å²) in [5.41, 5.74) is 0. The Morgan fingerprint density at radius 2 is 1.90 bits per heavy atom. The first kappa shape index (κ1) is 16.5. The molecule has 0 spiro atoms. The van der Waals surface area contributed by atoms with Gasteiger partial charge in [0.05, 0.1) is 6.26 Å². The SMILES string of the molecule is CS(=O)(=O)N1CCCC(CNC2CCCCCC2Cl)C1. The van der Waals surface area contributed by atoms with Crippen molar-refractivity contribution in [2.45, 2.75) is 56.4 Å². The monoisotopic (exact) mass is 322 g/mol. The van der Waals surface area contributed by atoms with E-state index in [9.17, 15) is 8.42 Å². The van der Waals surface area contributed by atoms with Crippen LogP contribution in [-0.4, -0.2) is 50.0 Å². The van der Waals surface area contributed by atoms with Gasteiger partial charge in [-0.25, -0.2) is 12.7 Å². The van der Waals surface area contributed by atoms with Crippen LogP contribution >= 0.6 is 11.6 Å². The molecule has 4 nitrogen and oxygen atoms in total. The molecule has 0 amide bonds. The molecule has 2 rings (SSSR count). The topological polar surface area (TPSA) is 49.4 Å². The fourth-order valence-electron chi connectivity index (χ4n) is 3.31. The Morgan fingerprint density at radius 3 is 2.65 bits per heavy atom. The van der Waals surface area contributed by atoms with Crippen molar-refractivity contribution < 1.29 is 8.42 Å². The molecule has 20 heavy (non-hydrogen) atoms. The maximum Gasteiger partial charge on any atom is 0.211 e. The number of rotatable bonds is 4. The highest BCUT2D eigenvalue weighted by atomic mass is 35.5. The van der Waals surface area contributed by atoms with E-state index in [1.54, 1.807) is 4.31 Å². The van der Waals surface area contributed by atoms with Crippen LogP contribution in [0.25, 0.3) is 0 Å². The van der Waals surface area contributed by atoms with Crippen LogP contribution in [-0.2, 0) is 10.0 Å². The van der Waals surface area contributed by atoms with Crippen molar-refractivity contribution in [2.75, 3.05) is 25.9 Å². The number of hydrogen-bond donors (Lipinski definition) is 1. The molecule has 3 atom stereocenters. The Labute approximate surface area is 128 Å². The minimum absolute atomic E-state index is 0.229. The molecule has 1 saturated carbocycles. The van der Waals surface area contributed by atoms with Gasteiger partial charge >= 0.3 is 0 Å². The second-order valence-electron chi connectivity index (χ2n) is 6.30. The lowest BCUT2D eigenvalue weighted by Gasteiger charge is -2.32. The van der Waals surface area contributed by atoms with Crippen LogP contribution in [0.4, 0.5) is 0 Å². The Morgan fingerprint density at radius 1 is 1.15 bits per heavy atom. The Hall–Kier alpha value is 0.160. The number of nitrogens with zero attached hydrogens (tertiary/aromatic N) is 1. The van der Waals surface area contributed by atoms with Gasteiger partial charge in [-0.05, 0) is 38.1 Å². The van der Waals surface area contributed by atoms with Gasteiger partial charge in [-0.1, -0.05) is 19.3 Å². The molecule has 0 aromatic carbocycles. The first-order valence-electron chi connectivity index (χ1n) is 7.79. The standard InChI is InChI=1S/C14H27ClN2O2S/c1-20(18,19)17-9-5-6-12(11-17)10-16-14-8-4-2-3-7-13(14)15/h12-14,16H,2-11H2,1H3. The number of sulfonamides is 1. The van der Waals surface area contributed by atoms with E-state index < -0.39 is 10.0 Å². The third-order valence-corrected chi connectivity index (χ3v) is 6.34. The first-order valence-corrected chi connectivity index (χ1v) is 10.1. The summed E-state index contributed by atoms with van der Waals surface area (Å²) in [6.45, 7) is 2.22. The van der Waals surface area contributed by atoms with Gasteiger partial charge in [-0.15, -0.1) is 11.6 Å². The Kier molecular flexibility index (Phi) is 6.14. The molecular formula is C14H27ClN2O2S. The quantitative estimate of drug-likeness (QED) is 0.637. The summed E-state index contributed by atoms with van der Waals surface area (Å²) >= 11 is 6.44. The summed E-state index contributed by atoms with van der Waals surface area (Å²) in [6.07, 6.45) is 9.40. The average molecular weight is 323 g/mol. The average Bonchev–Trinajstić information content (AvgIpc) is 2.60. The molecule has 1 saturated heterocycles. The molecule has 0 bridgehead atoms. The van der Waals surface area contributed by atoms with E-state index in [0.29, 0.717) is 25.0 Å². The van der Waals surface area contributed by atoms with Crippen LogP contribution in [0.2, 0.25) is 0 Å². The number of nitrogens with one attached hydrogen (secondary N) is 1. The second-order valence-corrected chi connectivity index (χ2v) is 8.84. The summed E-state index contributed by atoms with van der Waals surface area (Å²) in [5.74, 6) is 0.422. The number of halogens is 1. The van der Waals surface area contributed by atoms with E-state index in [1.807, 2.05) is 0 Å². The molecule has 1 N–H and O–H groups in total. The van der Waals surface area contributed by atoms with Crippen LogP contribution in [0.5, 0.6) is 0 Å². The second kappa shape index (κ2) is 7.43. The van der Waals surface area contributed by atoms with E-state index in [-0.39, 0.29) is 5.38 Å². The lowest BCUT2D eigenvalue weighted by molar-refractivity contribution is 0.253. The van der Waals surface area contributed by atoms with Crippen LogP contribution in [0.15, 0.2) is 0 Å². The van der Waals surface area contributed by atoms with Crippen molar-refractivity contribution in [3.05, 3.63) is 0 Å². The summed E-state index contributed by atoms with van der Waals surface area (Å²) < 4.78 is 24.9. The van der Waals surface area contributed by atoms with E-state index in [2.05, 4.69) is 5.32 Å². The fourth-order valence-corrected chi connectivity index (χ4v) is 4.62. The summed E-state index contributed by atoms with van der Waals surface area (Å²) in [5, 5.41) is 3.83. The number of hydrogen-bond acceptors (Lipinski definition) is 3. The van der Waals surface area contributed by atoms with Crippen LogP contribution < -0.4 is 5.32 Å². The van der Waals surface area contributed by atoms with Gasteiger partial charge in [0, 0.05) is 24.5 Å². The molecule has 0 radical (unpaired) electrons. The third kappa shape index (κ3) is 4.86. The summed E-state index contributed by atoms with van der Waals surface area (Å²) in [4.78, 5) is 0. The highest BCUT2D eigenvalue weighted by molar-refractivity contribution is 7.88. The van der Waals surface area contributed by atoms with Gasteiger partial charge in [0.25, 0.3) is 0 Å². The molecule has 1 heterocycles. The summed E-state index contributed by atoms with van der Waals surface area (Å²) in [6, 6.07) is 0.396. The largest absolute Gasteiger partial charge is 0.312 e. The minimum Gasteiger partial charge on any atom is -0.312 e. The number of piperidine rings is 1. The molecular weight excluding hydrogens is 296 g/mol. The molecule has 2 fully saturated rings. The minimum atomic E-state index is -3.04. The normalized spacial score (nSPS) is 33.8. The molecule has 3 unspecified atom stereocenters. The smallest absolute Gasteiger partial charge is 0.211 e. The van der Waals surface area contributed by atoms with Crippen LogP contribution in [0.1, 0.15) is 44.9 Å². The van der Waals surface area contributed by atoms with Gasteiger partial charge in [-0.3, -0.25) is 0 Å². The predicted octanol–water partition coefficient (Wildman–Crippen LogP) is 2.19. The van der Waals surface area contributed by atoms with Gasteiger partial charge in [0.15, 0.2) is 0 Å². The molecule has 118 valence electrons. The third-order valence-electron chi connectivity index (χ3n) is 4.55. The molecule has 1 aliphatic carbocycles. The molecule has 0 aromatic heterocycles. The van der Waals surface area contributed by atoms with Crippen LogP contribution in [0, 0.1) is 5.92 Å². The first-order chi connectivity index (χ1) is 9.47. The van der Waals surface area contributed by atoms with Gasteiger partial charge in [-0.2, -0.15) is 0 Å². The highest BCUT2D eigenvalue weighted by Crippen LogP contribution is 2.23. The lowest BCUT2D eigenvalue weighted by atomic mass is 9.98. The molecule has 6 heteroatoms. The van der Waals surface area contributed by atoms with Crippen molar-refractivity contribution in [1.29, 1.82) is 0 Å². The summed E-state index contributed by atoms with van der Waals surface area (Å²) in [7, 11) is -3.04. The molecule has 2 aliphatic rings. The molecule has 1 aliphatic heterocycles. The van der Waals surface area contributed by atoms with Crippen molar-refractivity contribution >= 4 is 21.6 Å². The lowest BCUT2D eigenvalue weighted by Crippen LogP contribution is -2.45. The zero-order valence-corrected chi connectivity index (χ0v) is 13.9. The van der Waals surface area contributed by atoms with E-state index in [4.69, 9.17) is 11.6 Å². The zero-order valence-electron chi connectivity index (χ0n) is 12.4. The van der Waals surface area contributed by atoms with Crippen molar-refractivity contribution in [3.8, 4) is 0 Å². The van der Waals surface area contributed by atoms with E-state index >= 15 is 0 Å². The maximum atomic E-state index is 11.6. The van der Waals surface area contributed by atoms with Crippen LogP contribution in [0.3, 0.4) is 0 Å². The fraction of sp³-hybridized carbons (Fsp3) is 1.00. The van der Waals surface area contributed by atoms with Crippen molar-refractivity contribution in [2.24, 2.45) is 5.92 Å². The van der Waals surface area contributed by atoms with Crippen molar-refractivity contribution in [3.63, 3.8) is 0 Å². The van der Waals surface area contributed by atoms with Crippen molar-refractivity contribution in [1.82, 2.24) is 9.62 Å². The predicted molar refractivity (Wildman–Crippen MR) is 83.7 cm³/mol. The van der Waals surface area contributed by atoms with E-state index in [1.165, 1.54) is 25.5 Å². The van der Waals surface area contributed by atoms with Gasteiger partial charge in [0.1, 0.15) is 0 Å². The number of alkyl halides is 1. The van der Waals surface area contributed by atoms with Gasteiger partial charge in [0.2, 0.25) is 10.0 Å².